The van der Waals surface area contributed by atoms with E-state index in [1.54, 1.807) is 0 Å². The molecule has 0 amide bonds. The maximum atomic E-state index is 3.75. The van der Waals surface area contributed by atoms with E-state index in [1.165, 1.54) is 71.1 Å². The summed E-state index contributed by atoms with van der Waals surface area (Å²) in [6, 6.07) is 0. The molecule has 0 radical (unpaired) electrons. The molecule has 0 aromatic carbocycles. The van der Waals surface area contributed by atoms with Gasteiger partial charge < -0.3 is 10.2 Å². The van der Waals surface area contributed by atoms with Crippen LogP contribution in [0.5, 0.6) is 0 Å². The quantitative estimate of drug-likeness (QED) is 0.825. The first-order valence-electron chi connectivity index (χ1n) is 8.09. The van der Waals surface area contributed by atoms with Gasteiger partial charge in [0.1, 0.15) is 0 Å². The summed E-state index contributed by atoms with van der Waals surface area (Å²) in [4.78, 5) is 2.76. The van der Waals surface area contributed by atoms with Gasteiger partial charge in [-0.25, -0.2) is 0 Å². The van der Waals surface area contributed by atoms with Gasteiger partial charge in [-0.2, -0.15) is 0 Å². The highest BCUT2D eigenvalue weighted by Crippen LogP contribution is 2.41. The Morgan fingerprint density at radius 3 is 2.39 bits per heavy atom. The molecule has 1 aliphatic heterocycles. The fourth-order valence-corrected chi connectivity index (χ4v) is 3.92. The van der Waals surface area contributed by atoms with Crippen molar-refractivity contribution in [1.29, 1.82) is 0 Å². The molecule has 0 aromatic heterocycles. The summed E-state index contributed by atoms with van der Waals surface area (Å²) in [6.45, 7) is 12.2. The molecule has 1 saturated carbocycles. The Morgan fingerprint density at radius 1 is 1.06 bits per heavy atom. The zero-order chi connectivity index (χ0) is 13.1. The second-order valence-electron chi connectivity index (χ2n) is 6.97. The summed E-state index contributed by atoms with van der Waals surface area (Å²) in [5.74, 6) is 0. The molecule has 2 heteroatoms. The predicted octanol–water partition coefficient (Wildman–Crippen LogP) is 3.42. The smallest absolute Gasteiger partial charge is 0.0277 e. The number of hydrogen-bond acceptors (Lipinski definition) is 2. The Kier molecular flexibility index (Phi) is 4.71. The average Bonchev–Trinajstić information content (AvgIpc) is 2.75. The van der Waals surface area contributed by atoms with Gasteiger partial charge in [0.25, 0.3) is 0 Å². The van der Waals surface area contributed by atoms with Crippen molar-refractivity contribution >= 4 is 0 Å². The molecule has 0 bridgehead atoms. The van der Waals surface area contributed by atoms with Gasteiger partial charge in [0.05, 0.1) is 0 Å². The molecule has 2 nitrogen and oxygen atoms in total. The van der Waals surface area contributed by atoms with Crippen molar-refractivity contribution in [2.75, 3.05) is 26.2 Å². The number of nitrogens with one attached hydrogen (secondary N) is 1. The first-order chi connectivity index (χ1) is 8.61. The Morgan fingerprint density at radius 2 is 1.78 bits per heavy atom. The average molecular weight is 252 g/mol. The van der Waals surface area contributed by atoms with E-state index < -0.39 is 0 Å². The zero-order valence-corrected chi connectivity index (χ0v) is 12.7. The Hall–Kier alpha value is -0.0800. The van der Waals surface area contributed by atoms with Crippen molar-refractivity contribution in [3.05, 3.63) is 0 Å². The molecule has 1 aliphatic carbocycles. The van der Waals surface area contributed by atoms with E-state index in [4.69, 9.17) is 0 Å². The van der Waals surface area contributed by atoms with Gasteiger partial charge in [-0.3, -0.25) is 0 Å². The summed E-state index contributed by atoms with van der Waals surface area (Å²) in [6.07, 6.45) is 9.79. The molecule has 1 saturated heterocycles. The highest BCUT2D eigenvalue weighted by atomic mass is 15.2. The van der Waals surface area contributed by atoms with E-state index in [2.05, 4.69) is 31.0 Å². The summed E-state index contributed by atoms with van der Waals surface area (Å²) in [7, 11) is 0. The summed E-state index contributed by atoms with van der Waals surface area (Å²) in [5, 5.41) is 3.75. The van der Waals surface area contributed by atoms with Crippen LogP contribution in [0.1, 0.15) is 65.7 Å². The molecular weight excluding hydrogens is 220 g/mol. The molecule has 1 heterocycles. The van der Waals surface area contributed by atoms with Crippen LogP contribution in [-0.4, -0.2) is 36.6 Å². The molecule has 2 aliphatic rings. The number of rotatable bonds is 4. The molecule has 18 heavy (non-hydrogen) atoms. The van der Waals surface area contributed by atoms with Gasteiger partial charge in [0.15, 0.2) is 0 Å². The first kappa shape index (κ1) is 14.3. The number of hydrogen-bond donors (Lipinski definition) is 1. The molecule has 0 spiro atoms. The minimum Gasteiger partial charge on any atom is -0.310 e. The second-order valence-corrected chi connectivity index (χ2v) is 6.97. The maximum absolute atomic E-state index is 3.75. The molecule has 2 fully saturated rings. The molecule has 0 aromatic rings. The predicted molar refractivity (Wildman–Crippen MR) is 78.9 cm³/mol. The summed E-state index contributed by atoms with van der Waals surface area (Å²) < 4.78 is 0. The van der Waals surface area contributed by atoms with Gasteiger partial charge in [-0.05, 0) is 57.5 Å². The minimum atomic E-state index is 0.337. The lowest BCUT2D eigenvalue weighted by molar-refractivity contribution is 0.127. The van der Waals surface area contributed by atoms with Crippen LogP contribution in [0.3, 0.4) is 0 Å². The third-order valence-corrected chi connectivity index (χ3v) is 5.53. The highest BCUT2D eigenvalue weighted by Gasteiger charge is 2.36. The van der Waals surface area contributed by atoms with E-state index in [0.717, 1.165) is 0 Å². The monoisotopic (exact) mass is 252 g/mol. The first-order valence-corrected chi connectivity index (χ1v) is 8.09. The van der Waals surface area contributed by atoms with Crippen LogP contribution in [0.15, 0.2) is 0 Å². The topological polar surface area (TPSA) is 15.3 Å². The molecule has 1 atom stereocenters. The van der Waals surface area contributed by atoms with E-state index in [9.17, 15) is 0 Å². The van der Waals surface area contributed by atoms with Crippen molar-refractivity contribution in [3.8, 4) is 0 Å². The van der Waals surface area contributed by atoms with Crippen LogP contribution >= 0.6 is 0 Å². The van der Waals surface area contributed by atoms with Gasteiger partial charge in [-0.15, -0.1) is 0 Å². The lowest BCUT2D eigenvalue weighted by Gasteiger charge is -2.38. The lowest BCUT2D eigenvalue weighted by atomic mass is 9.82. The largest absolute Gasteiger partial charge is 0.310 e. The summed E-state index contributed by atoms with van der Waals surface area (Å²) >= 11 is 0. The third-order valence-electron chi connectivity index (χ3n) is 5.53. The van der Waals surface area contributed by atoms with E-state index >= 15 is 0 Å². The normalized spacial score (nSPS) is 33.5. The van der Waals surface area contributed by atoms with Crippen LogP contribution in [0, 0.1) is 5.41 Å². The van der Waals surface area contributed by atoms with E-state index in [0.29, 0.717) is 11.0 Å². The van der Waals surface area contributed by atoms with Crippen LogP contribution in [0.4, 0.5) is 0 Å². The highest BCUT2D eigenvalue weighted by molar-refractivity contribution is 4.92. The summed E-state index contributed by atoms with van der Waals surface area (Å²) in [5.41, 5.74) is 0.989. The molecular formula is C16H32N2. The third kappa shape index (κ3) is 3.27. The molecule has 2 rings (SSSR count). The van der Waals surface area contributed by atoms with E-state index in [-0.39, 0.29) is 0 Å². The SMILES string of the molecule is CCC1(CN2CCCNC(C)(CC)C2)CCCC1. The van der Waals surface area contributed by atoms with Crippen molar-refractivity contribution < 1.29 is 0 Å². The molecule has 106 valence electrons. The zero-order valence-electron chi connectivity index (χ0n) is 12.7. The van der Waals surface area contributed by atoms with E-state index in [1.807, 2.05) is 0 Å². The van der Waals surface area contributed by atoms with Crippen LogP contribution in [0.25, 0.3) is 0 Å². The Labute approximate surface area is 114 Å². The fourth-order valence-electron chi connectivity index (χ4n) is 3.92. The van der Waals surface area contributed by atoms with Gasteiger partial charge in [-0.1, -0.05) is 26.7 Å². The van der Waals surface area contributed by atoms with Crippen molar-refractivity contribution in [3.63, 3.8) is 0 Å². The fraction of sp³-hybridized carbons (Fsp3) is 1.00. The number of nitrogens with zero attached hydrogens (tertiary/aromatic N) is 1. The van der Waals surface area contributed by atoms with Crippen molar-refractivity contribution in [2.45, 2.75) is 71.3 Å². The van der Waals surface area contributed by atoms with Crippen molar-refractivity contribution in [2.24, 2.45) is 5.41 Å². The standard InChI is InChI=1S/C16H32N2/c1-4-15(3)13-18(12-8-11-17-15)14-16(5-2)9-6-7-10-16/h17H,4-14H2,1-3H3. The maximum Gasteiger partial charge on any atom is 0.0277 e. The second kappa shape index (κ2) is 5.92. The van der Waals surface area contributed by atoms with Gasteiger partial charge in [0, 0.05) is 18.6 Å². The molecule has 1 unspecified atom stereocenters. The van der Waals surface area contributed by atoms with Crippen LogP contribution in [0.2, 0.25) is 0 Å². The van der Waals surface area contributed by atoms with Crippen LogP contribution in [-0.2, 0) is 0 Å². The Bertz CT molecular complexity index is 258. The lowest BCUT2D eigenvalue weighted by Crippen LogP contribution is -2.50. The van der Waals surface area contributed by atoms with Crippen LogP contribution < -0.4 is 5.32 Å². The Balaban J connectivity index is 1.98. The van der Waals surface area contributed by atoms with Gasteiger partial charge in [0.2, 0.25) is 0 Å². The minimum absolute atomic E-state index is 0.337. The van der Waals surface area contributed by atoms with Gasteiger partial charge >= 0.3 is 0 Å². The molecule has 1 N–H and O–H groups in total. The van der Waals surface area contributed by atoms with Crippen molar-refractivity contribution in [1.82, 2.24) is 10.2 Å².